The largest absolute Gasteiger partial charge is 0.399 e. The van der Waals surface area contributed by atoms with Crippen molar-refractivity contribution in [3.05, 3.63) is 62.8 Å². The monoisotopic (exact) mass is 327 g/mol. The third-order valence-corrected chi connectivity index (χ3v) is 3.38. The van der Waals surface area contributed by atoms with Crippen molar-refractivity contribution in [1.29, 1.82) is 0 Å². The molecule has 0 saturated heterocycles. The van der Waals surface area contributed by atoms with Crippen LogP contribution >= 0.6 is 27.5 Å². The molecule has 2 rings (SSSR count). The Labute approximate surface area is 117 Å². The van der Waals surface area contributed by atoms with E-state index in [9.17, 15) is 9.18 Å². The zero-order valence-corrected chi connectivity index (χ0v) is 11.4. The molecule has 0 saturated carbocycles. The van der Waals surface area contributed by atoms with E-state index in [-0.39, 0.29) is 10.8 Å². The fraction of sp³-hybridized carbons (Fsp3) is 0. The topological polar surface area (TPSA) is 43.1 Å². The molecular weight excluding hydrogens is 321 g/mol. The van der Waals surface area contributed by atoms with Crippen molar-refractivity contribution in [2.24, 2.45) is 0 Å². The second kappa shape index (κ2) is 5.08. The molecule has 2 N–H and O–H groups in total. The summed E-state index contributed by atoms with van der Waals surface area (Å²) in [6.07, 6.45) is 0. The van der Waals surface area contributed by atoms with Gasteiger partial charge < -0.3 is 5.73 Å². The van der Waals surface area contributed by atoms with Crippen molar-refractivity contribution < 1.29 is 9.18 Å². The third-order valence-electron chi connectivity index (χ3n) is 2.41. The van der Waals surface area contributed by atoms with Gasteiger partial charge >= 0.3 is 0 Å². The van der Waals surface area contributed by atoms with Gasteiger partial charge in [0.25, 0.3) is 0 Å². The maximum atomic E-state index is 13.0. The maximum Gasteiger partial charge on any atom is 0.195 e. The molecule has 0 fully saturated rings. The Morgan fingerprint density at radius 1 is 1.17 bits per heavy atom. The molecule has 0 atom stereocenters. The van der Waals surface area contributed by atoms with Crippen LogP contribution in [0.2, 0.25) is 5.02 Å². The lowest BCUT2D eigenvalue weighted by Gasteiger charge is -2.06. The fourth-order valence-corrected chi connectivity index (χ4v) is 2.34. The third kappa shape index (κ3) is 2.54. The number of ketones is 1. The van der Waals surface area contributed by atoms with Gasteiger partial charge in [-0.15, -0.1) is 0 Å². The van der Waals surface area contributed by atoms with Gasteiger partial charge in [0, 0.05) is 21.3 Å². The predicted octanol–water partition coefficient (Wildman–Crippen LogP) is 4.05. The number of hydrogen-bond acceptors (Lipinski definition) is 2. The van der Waals surface area contributed by atoms with E-state index in [0.717, 1.165) is 0 Å². The number of halogens is 3. The van der Waals surface area contributed by atoms with Crippen molar-refractivity contribution in [2.45, 2.75) is 0 Å². The second-order valence-corrected chi connectivity index (χ2v) is 4.95. The first-order valence-electron chi connectivity index (χ1n) is 5.04. The molecule has 0 bridgehead atoms. The van der Waals surface area contributed by atoms with E-state index in [1.165, 1.54) is 24.3 Å². The average molecular weight is 329 g/mol. The van der Waals surface area contributed by atoms with Crippen LogP contribution < -0.4 is 5.73 Å². The van der Waals surface area contributed by atoms with Crippen LogP contribution in [0.4, 0.5) is 10.1 Å². The van der Waals surface area contributed by atoms with Crippen LogP contribution in [-0.2, 0) is 0 Å². The Hall–Kier alpha value is -1.39. The van der Waals surface area contributed by atoms with Crippen molar-refractivity contribution in [2.75, 3.05) is 5.73 Å². The highest BCUT2D eigenvalue weighted by molar-refractivity contribution is 9.10. The van der Waals surface area contributed by atoms with Gasteiger partial charge in [0.05, 0.1) is 5.02 Å². The van der Waals surface area contributed by atoms with Crippen LogP contribution in [0, 0.1) is 5.82 Å². The first-order chi connectivity index (χ1) is 8.49. The first-order valence-corrected chi connectivity index (χ1v) is 6.21. The second-order valence-electron chi connectivity index (χ2n) is 3.69. The molecule has 92 valence electrons. The minimum absolute atomic E-state index is 0.274. The molecule has 18 heavy (non-hydrogen) atoms. The average Bonchev–Trinajstić information content (AvgIpc) is 2.28. The number of carbonyl (C=O) groups is 1. The van der Waals surface area contributed by atoms with E-state index >= 15 is 0 Å². The standard InChI is InChI=1S/C13H8BrClFNO/c14-11-5-7(16)1-3-9(11)13(18)10-4-2-8(17)6-12(10)15/h1-6H,17H2. The Morgan fingerprint density at radius 3 is 2.44 bits per heavy atom. The van der Waals surface area contributed by atoms with Gasteiger partial charge in [0.15, 0.2) is 5.78 Å². The first kappa shape index (κ1) is 13.1. The van der Waals surface area contributed by atoms with Crippen LogP contribution in [0.5, 0.6) is 0 Å². The van der Waals surface area contributed by atoms with E-state index in [2.05, 4.69) is 15.9 Å². The van der Waals surface area contributed by atoms with E-state index < -0.39 is 5.82 Å². The number of rotatable bonds is 2. The molecule has 0 aromatic heterocycles. The molecule has 0 heterocycles. The van der Waals surface area contributed by atoms with E-state index in [1.807, 2.05) is 0 Å². The molecule has 2 nitrogen and oxygen atoms in total. The summed E-state index contributed by atoms with van der Waals surface area (Å²) >= 11 is 9.12. The van der Waals surface area contributed by atoms with Gasteiger partial charge in [-0.3, -0.25) is 4.79 Å². The molecule has 0 aliphatic rings. The number of benzene rings is 2. The summed E-state index contributed by atoms with van der Waals surface area (Å²) in [4.78, 5) is 12.2. The molecule has 0 spiro atoms. The minimum atomic E-state index is -0.415. The lowest BCUT2D eigenvalue weighted by atomic mass is 10.0. The van der Waals surface area contributed by atoms with Gasteiger partial charge in [-0.1, -0.05) is 11.6 Å². The summed E-state index contributed by atoms with van der Waals surface area (Å²) in [5.41, 5.74) is 6.72. The van der Waals surface area contributed by atoms with Gasteiger partial charge in [0.1, 0.15) is 5.82 Å². The molecule has 0 radical (unpaired) electrons. The molecule has 5 heteroatoms. The maximum absolute atomic E-state index is 13.0. The quantitative estimate of drug-likeness (QED) is 0.667. The van der Waals surface area contributed by atoms with Gasteiger partial charge in [-0.2, -0.15) is 0 Å². The molecule has 0 aliphatic heterocycles. The van der Waals surface area contributed by atoms with Crippen molar-refractivity contribution >= 4 is 39.0 Å². The van der Waals surface area contributed by atoms with Crippen molar-refractivity contribution in [3.8, 4) is 0 Å². The summed E-state index contributed by atoms with van der Waals surface area (Å²) in [6.45, 7) is 0. The minimum Gasteiger partial charge on any atom is -0.399 e. The smallest absolute Gasteiger partial charge is 0.195 e. The summed E-state index contributed by atoms with van der Waals surface area (Å²) in [5, 5.41) is 0.274. The van der Waals surface area contributed by atoms with Crippen molar-refractivity contribution in [1.82, 2.24) is 0 Å². The molecule has 0 aliphatic carbocycles. The summed E-state index contributed by atoms with van der Waals surface area (Å²) in [6, 6.07) is 8.52. The normalized spacial score (nSPS) is 10.4. The van der Waals surface area contributed by atoms with E-state index in [4.69, 9.17) is 17.3 Å². The molecule has 0 amide bonds. The predicted molar refractivity (Wildman–Crippen MR) is 73.4 cm³/mol. The fourth-order valence-electron chi connectivity index (χ4n) is 1.53. The molecule has 0 unspecified atom stereocenters. The summed E-state index contributed by atoms with van der Waals surface area (Å²) in [5.74, 6) is -0.700. The lowest BCUT2D eigenvalue weighted by Crippen LogP contribution is -2.04. The number of carbonyl (C=O) groups excluding carboxylic acids is 1. The van der Waals surface area contributed by atoms with Crippen LogP contribution in [0.25, 0.3) is 0 Å². The SMILES string of the molecule is Nc1ccc(C(=O)c2ccc(F)cc2Br)c(Cl)c1. The van der Waals surface area contributed by atoms with Gasteiger partial charge in [0.2, 0.25) is 0 Å². The van der Waals surface area contributed by atoms with Crippen LogP contribution in [0.1, 0.15) is 15.9 Å². The van der Waals surface area contributed by atoms with Gasteiger partial charge in [-0.25, -0.2) is 4.39 Å². The van der Waals surface area contributed by atoms with Crippen LogP contribution in [0.3, 0.4) is 0 Å². The molecule has 2 aromatic rings. The molecular formula is C13H8BrClFNO. The number of nitrogens with two attached hydrogens (primary N) is 1. The highest BCUT2D eigenvalue weighted by atomic mass is 79.9. The summed E-state index contributed by atoms with van der Waals surface area (Å²) in [7, 11) is 0. The number of hydrogen-bond donors (Lipinski definition) is 1. The van der Waals surface area contributed by atoms with Crippen molar-refractivity contribution in [3.63, 3.8) is 0 Å². The Bertz CT molecular complexity index is 577. The van der Waals surface area contributed by atoms with E-state index in [0.29, 0.717) is 21.3 Å². The lowest BCUT2D eigenvalue weighted by molar-refractivity contribution is 0.103. The zero-order valence-electron chi connectivity index (χ0n) is 9.08. The highest BCUT2D eigenvalue weighted by Crippen LogP contribution is 2.26. The highest BCUT2D eigenvalue weighted by Gasteiger charge is 2.16. The van der Waals surface area contributed by atoms with Gasteiger partial charge in [-0.05, 0) is 52.3 Å². The zero-order chi connectivity index (χ0) is 13.3. The van der Waals surface area contributed by atoms with E-state index in [1.54, 1.807) is 12.1 Å². The number of nitrogen functional groups attached to an aromatic ring is 1. The Balaban J connectivity index is 2.48. The molecule has 2 aromatic carbocycles. The van der Waals surface area contributed by atoms with Crippen LogP contribution in [-0.4, -0.2) is 5.78 Å². The Morgan fingerprint density at radius 2 is 1.83 bits per heavy atom. The number of anilines is 1. The Kier molecular flexibility index (Phi) is 3.68. The van der Waals surface area contributed by atoms with Crippen LogP contribution in [0.15, 0.2) is 40.9 Å². The summed E-state index contributed by atoms with van der Waals surface area (Å²) < 4.78 is 13.4.